The quantitative estimate of drug-likeness (QED) is 0.425. The van der Waals surface area contributed by atoms with Crippen LogP contribution >= 0.6 is 11.3 Å². The molecule has 2 aromatic heterocycles. The fourth-order valence-corrected chi connectivity index (χ4v) is 4.10. The van der Waals surface area contributed by atoms with Crippen molar-refractivity contribution in [3.63, 3.8) is 0 Å². The number of hydrogen-bond donors (Lipinski definition) is 1. The highest BCUT2D eigenvalue weighted by Gasteiger charge is 2.11. The lowest BCUT2D eigenvalue weighted by molar-refractivity contribution is 0.102. The first-order valence-corrected chi connectivity index (χ1v) is 10.9. The molecule has 7 heteroatoms. The van der Waals surface area contributed by atoms with Gasteiger partial charge in [-0.1, -0.05) is 42.0 Å². The normalized spacial score (nSPS) is 10.9. The van der Waals surface area contributed by atoms with Gasteiger partial charge < -0.3 is 0 Å². The number of anilines is 1. The van der Waals surface area contributed by atoms with Gasteiger partial charge in [0.05, 0.1) is 22.3 Å². The van der Waals surface area contributed by atoms with Crippen molar-refractivity contribution in [3.8, 4) is 16.9 Å². The highest BCUT2D eigenvalue weighted by Crippen LogP contribution is 2.25. The molecule has 0 fully saturated rings. The third-order valence-corrected chi connectivity index (χ3v) is 5.90. The van der Waals surface area contributed by atoms with Gasteiger partial charge in [0.1, 0.15) is 6.33 Å². The number of carbonyl (C=O) groups is 1. The van der Waals surface area contributed by atoms with Gasteiger partial charge in [0.25, 0.3) is 11.5 Å². The first-order valence-electron chi connectivity index (χ1n) is 9.99. The van der Waals surface area contributed by atoms with Crippen LogP contribution in [-0.4, -0.2) is 20.4 Å². The molecule has 0 radical (unpaired) electrons. The SMILES string of the molecule is Cc1ccc(-c2csc(NC(=O)c3ccc(-n4cnc5ccccc5c4=O)cc3)n2)cc1. The highest BCUT2D eigenvalue weighted by atomic mass is 32.1. The summed E-state index contributed by atoms with van der Waals surface area (Å²) in [4.78, 5) is 34.3. The minimum atomic E-state index is -0.259. The van der Waals surface area contributed by atoms with Gasteiger partial charge in [-0.15, -0.1) is 11.3 Å². The Morgan fingerprint density at radius 2 is 1.72 bits per heavy atom. The second kappa shape index (κ2) is 8.20. The van der Waals surface area contributed by atoms with Crippen LogP contribution in [-0.2, 0) is 0 Å². The van der Waals surface area contributed by atoms with Crippen LogP contribution in [0, 0.1) is 6.92 Å². The summed E-state index contributed by atoms with van der Waals surface area (Å²) in [6.45, 7) is 2.04. The topological polar surface area (TPSA) is 76.9 Å². The Kier molecular flexibility index (Phi) is 5.09. The van der Waals surface area contributed by atoms with E-state index in [0.717, 1.165) is 11.3 Å². The van der Waals surface area contributed by atoms with Crippen LogP contribution in [0.1, 0.15) is 15.9 Å². The lowest BCUT2D eigenvalue weighted by atomic mass is 10.1. The van der Waals surface area contributed by atoms with Crippen molar-refractivity contribution in [2.45, 2.75) is 6.92 Å². The van der Waals surface area contributed by atoms with Gasteiger partial charge in [0.15, 0.2) is 5.13 Å². The summed E-state index contributed by atoms with van der Waals surface area (Å²) >= 11 is 1.38. The monoisotopic (exact) mass is 438 g/mol. The molecule has 3 aromatic carbocycles. The molecule has 32 heavy (non-hydrogen) atoms. The molecule has 0 atom stereocenters. The largest absolute Gasteiger partial charge is 0.298 e. The molecule has 1 N–H and O–H groups in total. The molecular weight excluding hydrogens is 420 g/mol. The van der Waals surface area contributed by atoms with Crippen molar-refractivity contribution in [3.05, 3.63) is 106 Å². The summed E-state index contributed by atoms with van der Waals surface area (Å²) < 4.78 is 1.47. The smallest absolute Gasteiger partial charge is 0.265 e. The second-order valence-electron chi connectivity index (χ2n) is 7.34. The first-order chi connectivity index (χ1) is 15.6. The zero-order chi connectivity index (χ0) is 22.1. The molecule has 0 aliphatic carbocycles. The maximum absolute atomic E-state index is 12.8. The van der Waals surface area contributed by atoms with E-state index >= 15 is 0 Å². The van der Waals surface area contributed by atoms with E-state index in [4.69, 9.17) is 0 Å². The Balaban J connectivity index is 1.34. The van der Waals surface area contributed by atoms with E-state index < -0.39 is 0 Å². The molecule has 5 rings (SSSR count). The Morgan fingerprint density at radius 3 is 2.50 bits per heavy atom. The summed E-state index contributed by atoms with van der Waals surface area (Å²) in [6, 6.07) is 22.1. The molecule has 0 unspecified atom stereocenters. The van der Waals surface area contributed by atoms with Crippen LogP contribution in [0.3, 0.4) is 0 Å². The lowest BCUT2D eigenvalue weighted by Crippen LogP contribution is -2.19. The van der Waals surface area contributed by atoms with E-state index in [0.29, 0.717) is 27.3 Å². The van der Waals surface area contributed by atoms with E-state index in [9.17, 15) is 9.59 Å². The zero-order valence-electron chi connectivity index (χ0n) is 17.1. The summed E-state index contributed by atoms with van der Waals surface area (Å²) in [7, 11) is 0. The Morgan fingerprint density at radius 1 is 0.969 bits per heavy atom. The Labute approximate surface area is 187 Å². The molecule has 2 heterocycles. The number of benzene rings is 3. The van der Waals surface area contributed by atoms with Gasteiger partial charge in [-0.2, -0.15) is 0 Å². The van der Waals surface area contributed by atoms with Gasteiger partial charge in [-0.05, 0) is 43.3 Å². The van der Waals surface area contributed by atoms with Crippen molar-refractivity contribution in [1.29, 1.82) is 0 Å². The predicted octanol–water partition coefficient (Wildman–Crippen LogP) is 5.07. The first kappa shape index (κ1) is 19.8. The summed E-state index contributed by atoms with van der Waals surface area (Å²) in [5, 5.41) is 5.84. The highest BCUT2D eigenvalue weighted by molar-refractivity contribution is 7.14. The van der Waals surface area contributed by atoms with E-state index in [1.54, 1.807) is 36.4 Å². The second-order valence-corrected chi connectivity index (χ2v) is 8.20. The summed E-state index contributed by atoms with van der Waals surface area (Å²) in [5.74, 6) is -0.259. The van der Waals surface area contributed by atoms with Gasteiger partial charge in [0, 0.05) is 16.5 Å². The maximum atomic E-state index is 12.8. The van der Waals surface area contributed by atoms with E-state index in [1.807, 2.05) is 48.7 Å². The van der Waals surface area contributed by atoms with Gasteiger partial charge in [0.2, 0.25) is 0 Å². The molecule has 0 spiro atoms. The standard InChI is InChI=1S/C25H18N4O2S/c1-16-6-8-17(9-7-16)22-14-32-25(27-22)28-23(30)18-10-12-19(13-11-18)29-15-26-21-5-3-2-4-20(21)24(29)31/h2-15H,1H3,(H,27,28,30). The van der Waals surface area contributed by atoms with Gasteiger partial charge in [-0.25, -0.2) is 9.97 Å². The average molecular weight is 439 g/mol. The molecule has 6 nitrogen and oxygen atoms in total. The van der Waals surface area contributed by atoms with Crippen molar-refractivity contribution in [2.75, 3.05) is 5.32 Å². The van der Waals surface area contributed by atoms with E-state index in [-0.39, 0.29) is 11.5 Å². The Bertz CT molecular complexity index is 1490. The molecule has 0 saturated carbocycles. The van der Waals surface area contributed by atoms with Crippen LogP contribution in [0.25, 0.3) is 27.8 Å². The lowest BCUT2D eigenvalue weighted by Gasteiger charge is -2.08. The Hall–Kier alpha value is -4.10. The molecule has 0 saturated heterocycles. The number of aromatic nitrogens is 3. The number of para-hydroxylation sites is 1. The molecule has 0 aliphatic rings. The number of carbonyl (C=O) groups excluding carboxylic acids is 1. The molecule has 5 aromatic rings. The van der Waals surface area contributed by atoms with E-state index in [1.165, 1.54) is 27.8 Å². The van der Waals surface area contributed by atoms with Crippen molar-refractivity contribution < 1.29 is 4.79 Å². The molecular formula is C25H18N4O2S. The number of rotatable bonds is 4. The van der Waals surface area contributed by atoms with Crippen molar-refractivity contribution in [2.24, 2.45) is 0 Å². The minimum Gasteiger partial charge on any atom is -0.298 e. The number of nitrogens with zero attached hydrogens (tertiary/aromatic N) is 3. The summed E-state index contributed by atoms with van der Waals surface area (Å²) in [5.41, 5.74) is 4.62. The fraction of sp³-hybridized carbons (Fsp3) is 0.0400. The van der Waals surface area contributed by atoms with Crippen LogP contribution in [0.15, 0.2) is 89.3 Å². The number of nitrogens with one attached hydrogen (secondary N) is 1. The maximum Gasteiger partial charge on any atom is 0.265 e. The zero-order valence-corrected chi connectivity index (χ0v) is 18.0. The van der Waals surface area contributed by atoms with Gasteiger partial charge >= 0.3 is 0 Å². The number of fused-ring (bicyclic) bond motifs is 1. The van der Waals surface area contributed by atoms with Crippen LogP contribution < -0.4 is 10.9 Å². The van der Waals surface area contributed by atoms with Crippen LogP contribution in [0.4, 0.5) is 5.13 Å². The predicted molar refractivity (Wildman–Crippen MR) is 128 cm³/mol. The van der Waals surface area contributed by atoms with Crippen LogP contribution in [0.2, 0.25) is 0 Å². The fourth-order valence-electron chi connectivity index (χ4n) is 3.38. The third-order valence-electron chi connectivity index (χ3n) is 5.15. The summed E-state index contributed by atoms with van der Waals surface area (Å²) in [6.07, 6.45) is 1.50. The van der Waals surface area contributed by atoms with Crippen LogP contribution in [0.5, 0.6) is 0 Å². The molecule has 156 valence electrons. The number of amides is 1. The number of hydrogen-bond acceptors (Lipinski definition) is 5. The number of aryl methyl sites for hydroxylation is 1. The van der Waals surface area contributed by atoms with E-state index in [2.05, 4.69) is 15.3 Å². The van der Waals surface area contributed by atoms with Gasteiger partial charge in [-0.3, -0.25) is 19.5 Å². The molecule has 0 aliphatic heterocycles. The number of thiazole rings is 1. The van der Waals surface area contributed by atoms with Crippen molar-refractivity contribution >= 4 is 33.3 Å². The van der Waals surface area contributed by atoms with Crippen molar-refractivity contribution in [1.82, 2.24) is 14.5 Å². The minimum absolute atomic E-state index is 0.153. The third kappa shape index (κ3) is 3.81. The molecule has 1 amide bonds. The molecule has 0 bridgehead atoms. The average Bonchev–Trinajstić information content (AvgIpc) is 3.28.